The van der Waals surface area contributed by atoms with Crippen LogP contribution < -0.4 is 4.74 Å². The van der Waals surface area contributed by atoms with Gasteiger partial charge in [-0.2, -0.15) is 0 Å². The van der Waals surface area contributed by atoms with Crippen molar-refractivity contribution < 1.29 is 14.3 Å². The van der Waals surface area contributed by atoms with Crippen molar-refractivity contribution in [2.75, 3.05) is 0 Å². The first-order chi connectivity index (χ1) is 16.6. The molecule has 2 amide bonds. The van der Waals surface area contributed by atoms with Gasteiger partial charge in [0.25, 0.3) is 11.1 Å². The maximum atomic E-state index is 13.0. The highest BCUT2D eigenvalue weighted by Crippen LogP contribution is 2.34. The van der Waals surface area contributed by atoms with Crippen LogP contribution in [0.4, 0.5) is 4.79 Å². The number of rotatable bonds is 6. The first kappa shape index (κ1) is 22.3. The van der Waals surface area contributed by atoms with Crippen LogP contribution in [0.2, 0.25) is 5.02 Å². The van der Waals surface area contributed by atoms with Gasteiger partial charge < -0.3 is 4.74 Å². The van der Waals surface area contributed by atoms with E-state index in [1.165, 1.54) is 4.90 Å². The van der Waals surface area contributed by atoms with E-state index in [2.05, 4.69) is 0 Å². The van der Waals surface area contributed by atoms with E-state index in [0.717, 1.165) is 45.0 Å². The van der Waals surface area contributed by atoms with Crippen molar-refractivity contribution in [2.45, 2.75) is 13.2 Å². The van der Waals surface area contributed by atoms with E-state index in [1.54, 1.807) is 6.08 Å². The minimum absolute atomic E-state index is 0.251. The number of imide groups is 1. The van der Waals surface area contributed by atoms with Crippen molar-refractivity contribution in [3.05, 3.63) is 118 Å². The van der Waals surface area contributed by atoms with Crippen molar-refractivity contribution in [2.24, 2.45) is 0 Å². The summed E-state index contributed by atoms with van der Waals surface area (Å²) in [5, 5.41) is 2.56. The Morgan fingerprint density at radius 2 is 1.59 bits per heavy atom. The molecule has 4 aromatic carbocycles. The Morgan fingerprint density at radius 1 is 0.853 bits per heavy atom. The van der Waals surface area contributed by atoms with E-state index >= 15 is 0 Å². The molecule has 0 aromatic heterocycles. The van der Waals surface area contributed by atoms with Gasteiger partial charge in [0.2, 0.25) is 0 Å². The second kappa shape index (κ2) is 9.75. The first-order valence-electron chi connectivity index (χ1n) is 10.8. The summed E-state index contributed by atoms with van der Waals surface area (Å²) in [7, 11) is 0. The summed E-state index contributed by atoms with van der Waals surface area (Å²) in [6.07, 6.45) is 1.75. The molecule has 1 aliphatic heterocycles. The largest absolute Gasteiger partial charge is 0.489 e. The fourth-order valence-corrected chi connectivity index (χ4v) is 4.76. The number of hydrogen-bond donors (Lipinski definition) is 0. The van der Waals surface area contributed by atoms with Crippen molar-refractivity contribution in [3.63, 3.8) is 0 Å². The normalized spacial score (nSPS) is 14.9. The number of carbonyl (C=O) groups is 2. The summed E-state index contributed by atoms with van der Waals surface area (Å²) in [6.45, 7) is 0.685. The molecule has 0 saturated carbocycles. The van der Waals surface area contributed by atoms with Gasteiger partial charge in [-0.1, -0.05) is 78.3 Å². The molecule has 0 radical (unpaired) electrons. The van der Waals surface area contributed by atoms with Crippen LogP contribution in [0.25, 0.3) is 16.8 Å². The molecule has 1 saturated heterocycles. The van der Waals surface area contributed by atoms with Crippen molar-refractivity contribution in [3.8, 4) is 5.75 Å². The summed E-state index contributed by atoms with van der Waals surface area (Å²) >= 11 is 6.88. The molecule has 168 valence electrons. The molecule has 1 aliphatic rings. The quantitative estimate of drug-likeness (QED) is 0.269. The van der Waals surface area contributed by atoms with Gasteiger partial charge in [-0.15, -0.1) is 0 Å². The Morgan fingerprint density at radius 3 is 2.38 bits per heavy atom. The molecule has 4 nitrogen and oxygen atoms in total. The smallest absolute Gasteiger partial charge is 0.293 e. The molecule has 0 bridgehead atoms. The maximum Gasteiger partial charge on any atom is 0.293 e. The van der Waals surface area contributed by atoms with Gasteiger partial charge in [-0.05, 0) is 69.6 Å². The zero-order valence-electron chi connectivity index (χ0n) is 18.1. The molecule has 0 N–H and O–H groups in total. The summed E-state index contributed by atoms with van der Waals surface area (Å²) in [5.74, 6) is 0.446. The lowest BCUT2D eigenvalue weighted by Gasteiger charge is -2.14. The molecule has 6 heteroatoms. The Bertz CT molecular complexity index is 1390. The fourth-order valence-electron chi connectivity index (χ4n) is 3.80. The SMILES string of the molecule is O=C1S/C(=C\c2ccc(OCc3ccc(Cl)cc3)cc2)C(=O)N1Cc1cccc2ccccc12. The molecule has 0 aliphatic carbocycles. The highest BCUT2D eigenvalue weighted by molar-refractivity contribution is 8.18. The number of nitrogens with zero attached hydrogens (tertiary/aromatic N) is 1. The number of hydrogen-bond acceptors (Lipinski definition) is 4. The van der Waals surface area contributed by atoms with Crippen LogP contribution in [0.5, 0.6) is 5.75 Å². The van der Waals surface area contributed by atoms with Gasteiger partial charge >= 0.3 is 0 Å². The van der Waals surface area contributed by atoms with E-state index in [0.29, 0.717) is 16.5 Å². The van der Waals surface area contributed by atoms with Gasteiger partial charge in [0, 0.05) is 5.02 Å². The molecule has 0 unspecified atom stereocenters. The molecule has 4 aromatic rings. The Kier molecular flexibility index (Phi) is 6.39. The maximum absolute atomic E-state index is 13.0. The number of fused-ring (bicyclic) bond motifs is 1. The number of thioether (sulfide) groups is 1. The third kappa shape index (κ3) is 4.86. The topological polar surface area (TPSA) is 46.6 Å². The molecule has 0 atom stereocenters. The second-order valence-corrected chi connectivity index (χ2v) is 9.32. The fraction of sp³-hybridized carbons (Fsp3) is 0.0714. The number of carbonyl (C=O) groups excluding carboxylic acids is 2. The van der Waals surface area contributed by atoms with Gasteiger partial charge in [-0.3, -0.25) is 14.5 Å². The van der Waals surface area contributed by atoms with Gasteiger partial charge in [0.1, 0.15) is 12.4 Å². The van der Waals surface area contributed by atoms with E-state index in [1.807, 2.05) is 91.0 Å². The van der Waals surface area contributed by atoms with Gasteiger partial charge in [0.05, 0.1) is 11.4 Å². The van der Waals surface area contributed by atoms with Gasteiger partial charge in [-0.25, -0.2) is 0 Å². The van der Waals surface area contributed by atoms with Crippen LogP contribution in [0.15, 0.2) is 95.9 Å². The molecular formula is C28H20ClNO3S. The van der Waals surface area contributed by atoms with E-state index in [9.17, 15) is 9.59 Å². The molecule has 34 heavy (non-hydrogen) atoms. The number of amides is 2. The number of benzene rings is 4. The predicted octanol–water partition coefficient (Wildman–Crippen LogP) is 7.31. The zero-order chi connectivity index (χ0) is 23.5. The van der Waals surface area contributed by atoms with Crippen LogP contribution in [0.3, 0.4) is 0 Å². The third-order valence-electron chi connectivity index (χ3n) is 5.58. The Hall–Kier alpha value is -3.54. The van der Waals surface area contributed by atoms with Crippen LogP contribution in [-0.4, -0.2) is 16.0 Å². The average molecular weight is 486 g/mol. The molecule has 1 fully saturated rings. The minimum atomic E-state index is -0.272. The lowest BCUT2D eigenvalue weighted by Crippen LogP contribution is -2.27. The van der Waals surface area contributed by atoms with Crippen LogP contribution >= 0.6 is 23.4 Å². The Labute approximate surface area is 206 Å². The molecule has 5 rings (SSSR count). The predicted molar refractivity (Wildman–Crippen MR) is 138 cm³/mol. The zero-order valence-corrected chi connectivity index (χ0v) is 19.7. The van der Waals surface area contributed by atoms with Crippen molar-refractivity contribution >= 4 is 51.4 Å². The standard InChI is InChI=1S/C28H20ClNO3S/c29-23-12-8-20(9-13-23)18-33-24-14-10-19(11-15-24)16-26-27(31)30(28(32)34-26)17-22-6-3-5-21-4-1-2-7-25(21)22/h1-16H,17-18H2/b26-16-. The highest BCUT2D eigenvalue weighted by Gasteiger charge is 2.35. The Balaban J connectivity index is 1.27. The first-order valence-corrected chi connectivity index (χ1v) is 12.0. The summed E-state index contributed by atoms with van der Waals surface area (Å²) in [4.78, 5) is 27.3. The van der Waals surface area contributed by atoms with Crippen molar-refractivity contribution in [1.82, 2.24) is 4.90 Å². The minimum Gasteiger partial charge on any atom is -0.489 e. The molecule has 0 spiro atoms. The second-order valence-electron chi connectivity index (χ2n) is 7.89. The lowest BCUT2D eigenvalue weighted by molar-refractivity contribution is -0.123. The van der Waals surface area contributed by atoms with Crippen molar-refractivity contribution in [1.29, 1.82) is 0 Å². The molecule has 1 heterocycles. The highest BCUT2D eigenvalue weighted by atomic mass is 35.5. The monoisotopic (exact) mass is 485 g/mol. The average Bonchev–Trinajstić information content (AvgIpc) is 3.12. The van der Waals surface area contributed by atoms with E-state index in [-0.39, 0.29) is 17.7 Å². The van der Waals surface area contributed by atoms with E-state index in [4.69, 9.17) is 16.3 Å². The van der Waals surface area contributed by atoms with E-state index < -0.39 is 0 Å². The van der Waals surface area contributed by atoms with Crippen LogP contribution in [0, 0.1) is 0 Å². The van der Waals surface area contributed by atoms with Crippen LogP contribution in [0.1, 0.15) is 16.7 Å². The lowest BCUT2D eigenvalue weighted by atomic mass is 10.0. The summed E-state index contributed by atoms with van der Waals surface area (Å²) in [6, 6.07) is 28.8. The third-order valence-corrected chi connectivity index (χ3v) is 6.74. The summed E-state index contributed by atoms with van der Waals surface area (Å²) < 4.78 is 5.82. The summed E-state index contributed by atoms with van der Waals surface area (Å²) in [5.41, 5.74) is 2.80. The van der Waals surface area contributed by atoms with Crippen LogP contribution in [-0.2, 0) is 17.9 Å². The van der Waals surface area contributed by atoms with Gasteiger partial charge in [0.15, 0.2) is 0 Å². The number of halogens is 1. The molecular weight excluding hydrogens is 466 g/mol. The number of ether oxygens (including phenoxy) is 1.